The number of hydrogen-bond acceptors (Lipinski definition) is 7. The number of alkyl halides is 1. The zero-order valence-corrected chi connectivity index (χ0v) is 24.4. The van der Waals surface area contributed by atoms with Crippen LogP contribution >= 0.6 is 0 Å². The Morgan fingerprint density at radius 2 is 1.67 bits per heavy atom. The molecule has 2 aromatic heterocycles. The summed E-state index contributed by atoms with van der Waals surface area (Å²) in [5.41, 5.74) is 4.44. The fraction of sp³-hybridized carbons (Fsp3) is 0.412. The molecular weight excluding hydrogens is 584 g/mol. The van der Waals surface area contributed by atoms with Crippen LogP contribution in [-0.2, 0) is 19.0 Å². The van der Waals surface area contributed by atoms with Crippen LogP contribution in [-0.4, -0.2) is 71.0 Å². The predicted octanol–water partition coefficient (Wildman–Crippen LogP) is 5.41. The van der Waals surface area contributed by atoms with Crippen molar-refractivity contribution in [1.29, 1.82) is 0 Å². The third kappa shape index (κ3) is 5.37. The van der Waals surface area contributed by atoms with Gasteiger partial charge >= 0.3 is 0 Å². The third-order valence-corrected chi connectivity index (χ3v) is 9.13. The van der Waals surface area contributed by atoms with Crippen molar-refractivity contribution in [2.24, 2.45) is 5.92 Å². The minimum absolute atomic E-state index is 0.199. The van der Waals surface area contributed by atoms with Gasteiger partial charge in [-0.3, -0.25) is 9.36 Å². The van der Waals surface area contributed by atoms with Crippen molar-refractivity contribution in [3.8, 4) is 28.3 Å². The van der Waals surface area contributed by atoms with E-state index in [1.807, 2.05) is 41.0 Å². The Labute approximate surface area is 258 Å². The number of benzene rings is 2. The molecule has 234 valence electrons. The van der Waals surface area contributed by atoms with Crippen molar-refractivity contribution in [3.63, 3.8) is 0 Å². The highest BCUT2D eigenvalue weighted by atomic mass is 19.1. The molecule has 4 fully saturated rings. The first-order valence-electron chi connectivity index (χ1n) is 15.5. The first-order chi connectivity index (χ1) is 21.9. The number of rotatable bonds is 7. The summed E-state index contributed by atoms with van der Waals surface area (Å²) in [4.78, 5) is 16.8. The predicted molar refractivity (Wildman–Crippen MR) is 161 cm³/mol. The molecule has 3 unspecified atom stereocenters. The fourth-order valence-corrected chi connectivity index (χ4v) is 6.55. The summed E-state index contributed by atoms with van der Waals surface area (Å²) in [5, 5.41) is 12.9. The number of aliphatic hydroxyl groups is 1. The number of ether oxygens (including phenoxy) is 4. The molecule has 0 bridgehead atoms. The van der Waals surface area contributed by atoms with Crippen LogP contribution in [0.4, 0.5) is 14.5 Å². The van der Waals surface area contributed by atoms with Crippen molar-refractivity contribution in [1.82, 2.24) is 9.55 Å². The summed E-state index contributed by atoms with van der Waals surface area (Å²) < 4.78 is 54.8. The number of nitrogens with one attached hydrogen (secondary N) is 1. The molecule has 1 amide bonds. The van der Waals surface area contributed by atoms with E-state index in [1.165, 1.54) is 6.07 Å². The summed E-state index contributed by atoms with van der Waals surface area (Å²) in [6.07, 6.45) is -0.304. The fourth-order valence-electron chi connectivity index (χ4n) is 6.55. The van der Waals surface area contributed by atoms with Crippen LogP contribution in [0.1, 0.15) is 31.9 Å². The summed E-state index contributed by atoms with van der Waals surface area (Å²) in [6, 6.07) is 18.1. The maximum atomic E-state index is 15.8. The number of aromatic nitrogens is 2. The van der Waals surface area contributed by atoms with Gasteiger partial charge in [-0.05, 0) is 48.9 Å². The molecule has 0 radical (unpaired) electrons. The molecule has 0 spiro atoms. The van der Waals surface area contributed by atoms with Gasteiger partial charge in [0.05, 0.1) is 30.2 Å². The number of fused-ring (bicyclic) bond motifs is 2. The number of carbonyl (C=O) groups is 1. The largest absolute Gasteiger partial charge is 0.470 e. The second-order valence-electron chi connectivity index (χ2n) is 12.2. The van der Waals surface area contributed by atoms with E-state index in [0.717, 1.165) is 30.4 Å². The third-order valence-electron chi connectivity index (χ3n) is 9.13. The average Bonchev–Trinajstić information content (AvgIpc) is 3.32. The number of nitrogens with zero attached hydrogens (tertiary/aromatic N) is 2. The van der Waals surface area contributed by atoms with E-state index in [1.54, 1.807) is 18.2 Å². The lowest BCUT2D eigenvalue weighted by molar-refractivity contribution is -0.117. The van der Waals surface area contributed by atoms with E-state index in [9.17, 15) is 14.3 Å². The highest BCUT2D eigenvalue weighted by molar-refractivity contribution is 5.95. The normalized spacial score (nSPS) is 29.1. The Bertz CT molecular complexity index is 1720. The SMILES string of the molecule is O=C(Nc1ccc(-c2ccc(-c3nc4cc(O[C@@H]5COC6C5OC[C@H]6O)n(C5CCCCO5)c4cc3F)cc2)cc1)[C@@H]1C[C@@H]1F. The Kier molecular flexibility index (Phi) is 7.28. The summed E-state index contributed by atoms with van der Waals surface area (Å²) in [6.45, 7) is 1.08. The zero-order valence-electron chi connectivity index (χ0n) is 24.4. The first-order valence-corrected chi connectivity index (χ1v) is 15.5. The van der Waals surface area contributed by atoms with Crippen molar-refractivity contribution in [3.05, 3.63) is 66.5 Å². The van der Waals surface area contributed by atoms with Gasteiger partial charge in [0.15, 0.2) is 17.8 Å². The van der Waals surface area contributed by atoms with Crippen molar-refractivity contribution >= 4 is 22.6 Å². The van der Waals surface area contributed by atoms with Gasteiger partial charge in [0.25, 0.3) is 0 Å². The molecule has 9 nitrogen and oxygen atoms in total. The van der Waals surface area contributed by atoms with Crippen LogP contribution in [0.5, 0.6) is 5.88 Å². The maximum Gasteiger partial charge on any atom is 0.230 e. The number of aliphatic hydroxyl groups excluding tert-OH is 1. The zero-order chi connectivity index (χ0) is 30.7. The number of anilines is 1. The molecule has 7 atom stereocenters. The smallest absolute Gasteiger partial charge is 0.230 e. The quantitative estimate of drug-likeness (QED) is 0.286. The van der Waals surface area contributed by atoms with Gasteiger partial charge in [0, 0.05) is 30.0 Å². The van der Waals surface area contributed by atoms with Gasteiger partial charge in [-0.15, -0.1) is 0 Å². The molecule has 2 N–H and O–H groups in total. The Morgan fingerprint density at radius 1 is 0.956 bits per heavy atom. The molecule has 4 aliphatic rings. The van der Waals surface area contributed by atoms with Gasteiger partial charge < -0.3 is 29.4 Å². The molecule has 2 aromatic carbocycles. The van der Waals surface area contributed by atoms with Crippen LogP contribution in [0.2, 0.25) is 0 Å². The van der Waals surface area contributed by atoms with Crippen molar-refractivity contribution in [2.45, 2.75) is 62.5 Å². The van der Waals surface area contributed by atoms with Gasteiger partial charge in [-0.2, -0.15) is 0 Å². The van der Waals surface area contributed by atoms with Crippen LogP contribution in [0.3, 0.4) is 0 Å². The molecule has 4 aromatic rings. The van der Waals surface area contributed by atoms with Gasteiger partial charge in [0.2, 0.25) is 5.91 Å². The Balaban J connectivity index is 1.06. The van der Waals surface area contributed by atoms with E-state index < -0.39 is 36.2 Å². The highest BCUT2D eigenvalue weighted by Crippen LogP contribution is 2.39. The van der Waals surface area contributed by atoms with Crippen molar-refractivity contribution < 1.29 is 37.6 Å². The Morgan fingerprint density at radius 3 is 2.38 bits per heavy atom. The minimum Gasteiger partial charge on any atom is -0.470 e. The molecule has 1 aliphatic carbocycles. The maximum absolute atomic E-state index is 15.8. The minimum atomic E-state index is -1.04. The summed E-state index contributed by atoms with van der Waals surface area (Å²) >= 11 is 0. The second kappa shape index (κ2) is 11.5. The first kappa shape index (κ1) is 28.6. The molecule has 3 saturated heterocycles. The van der Waals surface area contributed by atoms with Crippen LogP contribution < -0.4 is 10.1 Å². The van der Waals surface area contributed by atoms with E-state index in [-0.39, 0.29) is 43.6 Å². The molecule has 3 aliphatic heterocycles. The summed E-state index contributed by atoms with van der Waals surface area (Å²) in [5.74, 6) is -0.809. The summed E-state index contributed by atoms with van der Waals surface area (Å²) in [7, 11) is 0. The van der Waals surface area contributed by atoms with Crippen LogP contribution in [0.25, 0.3) is 33.4 Å². The lowest BCUT2D eigenvalue weighted by atomic mass is 10.0. The molecule has 11 heteroatoms. The lowest BCUT2D eigenvalue weighted by Gasteiger charge is -2.27. The van der Waals surface area contributed by atoms with Crippen molar-refractivity contribution in [2.75, 3.05) is 25.1 Å². The van der Waals surface area contributed by atoms with Gasteiger partial charge in [-0.1, -0.05) is 36.4 Å². The molecular formula is C34H33F2N3O6. The topological polar surface area (TPSA) is 104 Å². The number of amides is 1. The molecule has 5 heterocycles. The average molecular weight is 618 g/mol. The molecule has 1 saturated carbocycles. The standard InChI is InChI=1S/C34H33F2N3O6/c35-23-13-22(23)34(41)37-21-10-8-19(9-11-21)18-4-6-20(7-5-18)31-24(36)14-26-25(38-31)15-30(39(26)29-3-1-2-12-42-29)45-28-17-44-32-27(40)16-43-33(28)32/h4-11,14-15,22-23,27-29,32-33,40H,1-3,12-13,16-17H2,(H,37,41)/t22-,23+,27-,28-,29?,32?,33?/m1/s1. The lowest BCUT2D eigenvalue weighted by Crippen LogP contribution is -2.35. The van der Waals surface area contributed by atoms with E-state index in [4.69, 9.17) is 23.9 Å². The number of hydrogen-bond donors (Lipinski definition) is 2. The van der Waals surface area contributed by atoms with Gasteiger partial charge in [-0.25, -0.2) is 13.8 Å². The van der Waals surface area contributed by atoms with Gasteiger partial charge in [0.1, 0.15) is 36.4 Å². The highest BCUT2D eigenvalue weighted by Gasteiger charge is 2.49. The number of pyridine rings is 1. The number of carbonyl (C=O) groups excluding carboxylic acids is 1. The monoisotopic (exact) mass is 617 g/mol. The molecule has 45 heavy (non-hydrogen) atoms. The second-order valence-corrected chi connectivity index (χ2v) is 12.2. The van der Waals surface area contributed by atoms with E-state index in [0.29, 0.717) is 34.8 Å². The van der Waals surface area contributed by atoms with E-state index in [2.05, 4.69) is 5.32 Å². The van der Waals surface area contributed by atoms with Crippen LogP contribution in [0.15, 0.2) is 60.7 Å². The van der Waals surface area contributed by atoms with Crippen LogP contribution in [0, 0.1) is 11.7 Å². The van der Waals surface area contributed by atoms with E-state index >= 15 is 4.39 Å². The molecule has 8 rings (SSSR count). The Hall–Kier alpha value is -3.90. The number of halogens is 2.